The van der Waals surface area contributed by atoms with Gasteiger partial charge in [-0.25, -0.2) is 4.79 Å². The van der Waals surface area contributed by atoms with E-state index in [-0.39, 0.29) is 5.56 Å². The van der Waals surface area contributed by atoms with E-state index in [1.165, 1.54) is 21.3 Å². The standard InChI is InChI=1S/C20H19NO6/c1-23-14-7-5-12(6-8-14)15-11-21-27-19(15)13-9-16(24-2)18(20(22)26-4)17(10-13)25-3/h5-11H,1-4H3. The minimum absolute atomic E-state index is 0.205. The van der Waals surface area contributed by atoms with Crippen molar-refractivity contribution >= 4 is 5.97 Å². The number of methoxy groups -OCH3 is 4. The van der Waals surface area contributed by atoms with Gasteiger partial charge in [0.05, 0.1) is 34.6 Å². The first kappa shape index (κ1) is 18.3. The lowest BCUT2D eigenvalue weighted by molar-refractivity contribution is 0.0593. The fourth-order valence-electron chi connectivity index (χ4n) is 2.77. The average Bonchev–Trinajstić information content (AvgIpc) is 3.22. The third kappa shape index (κ3) is 3.44. The lowest BCUT2D eigenvalue weighted by atomic mass is 10.0. The Balaban J connectivity index is 2.12. The molecule has 0 amide bonds. The molecule has 1 aromatic heterocycles. The number of nitrogens with zero attached hydrogens (tertiary/aromatic N) is 1. The Morgan fingerprint density at radius 3 is 2.04 bits per heavy atom. The Labute approximate surface area is 156 Å². The fourth-order valence-corrected chi connectivity index (χ4v) is 2.77. The molecule has 0 spiro atoms. The summed E-state index contributed by atoms with van der Waals surface area (Å²) in [7, 11) is 5.85. The van der Waals surface area contributed by atoms with E-state index in [1.54, 1.807) is 25.4 Å². The molecule has 2 aromatic carbocycles. The van der Waals surface area contributed by atoms with Crippen LogP contribution in [0.3, 0.4) is 0 Å². The third-order valence-electron chi connectivity index (χ3n) is 4.13. The predicted molar refractivity (Wildman–Crippen MR) is 98.4 cm³/mol. The molecule has 0 aliphatic carbocycles. The molecule has 7 nitrogen and oxygen atoms in total. The molecule has 0 aliphatic heterocycles. The second kappa shape index (κ2) is 7.82. The van der Waals surface area contributed by atoms with Gasteiger partial charge in [0.1, 0.15) is 22.8 Å². The second-order valence-corrected chi connectivity index (χ2v) is 5.54. The molecule has 3 aromatic rings. The molecular weight excluding hydrogens is 350 g/mol. The molecule has 0 fully saturated rings. The van der Waals surface area contributed by atoms with Gasteiger partial charge in [-0.15, -0.1) is 0 Å². The summed E-state index contributed by atoms with van der Waals surface area (Å²) in [5, 5.41) is 3.92. The van der Waals surface area contributed by atoms with Crippen LogP contribution in [0.1, 0.15) is 10.4 Å². The van der Waals surface area contributed by atoms with Gasteiger partial charge in [0, 0.05) is 11.1 Å². The van der Waals surface area contributed by atoms with Crippen molar-refractivity contribution in [3.63, 3.8) is 0 Å². The van der Waals surface area contributed by atoms with Crippen LogP contribution < -0.4 is 14.2 Å². The van der Waals surface area contributed by atoms with Gasteiger partial charge in [-0.1, -0.05) is 17.3 Å². The zero-order chi connectivity index (χ0) is 19.4. The zero-order valence-corrected chi connectivity index (χ0v) is 15.4. The summed E-state index contributed by atoms with van der Waals surface area (Å²) in [4.78, 5) is 12.1. The summed E-state index contributed by atoms with van der Waals surface area (Å²) in [5.74, 6) is 1.35. The van der Waals surface area contributed by atoms with Gasteiger partial charge in [0.25, 0.3) is 0 Å². The lowest BCUT2D eigenvalue weighted by Gasteiger charge is -2.13. The van der Waals surface area contributed by atoms with Crippen LogP contribution in [0.4, 0.5) is 0 Å². The molecule has 27 heavy (non-hydrogen) atoms. The van der Waals surface area contributed by atoms with Gasteiger partial charge >= 0.3 is 5.97 Å². The van der Waals surface area contributed by atoms with Crippen LogP contribution in [0.15, 0.2) is 47.1 Å². The van der Waals surface area contributed by atoms with Gasteiger partial charge in [-0.3, -0.25) is 0 Å². The van der Waals surface area contributed by atoms with Crippen LogP contribution in [-0.4, -0.2) is 39.6 Å². The monoisotopic (exact) mass is 369 g/mol. The fraction of sp³-hybridized carbons (Fsp3) is 0.200. The number of aromatic nitrogens is 1. The minimum atomic E-state index is -0.553. The first-order valence-electron chi connectivity index (χ1n) is 8.06. The highest BCUT2D eigenvalue weighted by atomic mass is 16.5. The van der Waals surface area contributed by atoms with Crippen molar-refractivity contribution in [2.24, 2.45) is 0 Å². The number of hydrogen-bond donors (Lipinski definition) is 0. The maximum Gasteiger partial charge on any atom is 0.345 e. The average molecular weight is 369 g/mol. The van der Waals surface area contributed by atoms with Gasteiger partial charge in [0.2, 0.25) is 0 Å². The number of carbonyl (C=O) groups is 1. The maximum absolute atomic E-state index is 12.1. The van der Waals surface area contributed by atoms with Crippen LogP contribution in [0.25, 0.3) is 22.5 Å². The Morgan fingerprint density at radius 1 is 0.889 bits per heavy atom. The summed E-state index contributed by atoms with van der Waals surface area (Å²) < 4.78 is 26.2. The van der Waals surface area contributed by atoms with Gasteiger partial charge < -0.3 is 23.5 Å². The minimum Gasteiger partial charge on any atom is -0.497 e. The number of hydrogen-bond acceptors (Lipinski definition) is 7. The number of rotatable bonds is 6. The van der Waals surface area contributed by atoms with Crippen LogP contribution >= 0.6 is 0 Å². The molecule has 0 unspecified atom stereocenters. The summed E-state index contributed by atoms with van der Waals surface area (Å²) >= 11 is 0. The molecule has 3 rings (SSSR count). The molecular formula is C20H19NO6. The van der Waals surface area contributed by atoms with E-state index >= 15 is 0 Å². The Morgan fingerprint density at radius 2 is 1.52 bits per heavy atom. The van der Waals surface area contributed by atoms with Crippen molar-refractivity contribution in [2.75, 3.05) is 28.4 Å². The Hall–Kier alpha value is -3.48. The van der Waals surface area contributed by atoms with Crippen molar-refractivity contribution in [1.29, 1.82) is 0 Å². The number of carbonyl (C=O) groups excluding carboxylic acids is 1. The molecule has 0 aliphatic rings. The van der Waals surface area contributed by atoms with Crippen LogP contribution in [0.5, 0.6) is 17.2 Å². The van der Waals surface area contributed by atoms with E-state index < -0.39 is 5.97 Å². The van der Waals surface area contributed by atoms with E-state index in [9.17, 15) is 4.79 Å². The SMILES string of the molecule is COC(=O)c1c(OC)cc(-c2oncc2-c2ccc(OC)cc2)cc1OC. The summed E-state index contributed by atoms with van der Waals surface area (Å²) in [5.41, 5.74) is 2.55. The second-order valence-electron chi connectivity index (χ2n) is 5.54. The third-order valence-corrected chi connectivity index (χ3v) is 4.13. The van der Waals surface area contributed by atoms with E-state index in [2.05, 4.69) is 5.16 Å². The largest absolute Gasteiger partial charge is 0.497 e. The first-order valence-corrected chi connectivity index (χ1v) is 8.06. The highest BCUT2D eigenvalue weighted by Crippen LogP contribution is 2.39. The molecule has 0 radical (unpaired) electrons. The highest BCUT2D eigenvalue weighted by Gasteiger charge is 2.23. The van der Waals surface area contributed by atoms with E-state index in [0.717, 1.165) is 16.9 Å². The molecule has 0 N–H and O–H groups in total. The molecule has 140 valence electrons. The first-order chi connectivity index (χ1) is 13.1. The molecule has 7 heteroatoms. The molecule has 1 heterocycles. The maximum atomic E-state index is 12.1. The van der Waals surface area contributed by atoms with Crippen LogP contribution in [0, 0.1) is 0 Å². The Bertz CT molecular complexity index is 920. The number of benzene rings is 2. The summed E-state index contributed by atoms with van der Waals surface area (Å²) in [6, 6.07) is 10.9. The van der Waals surface area contributed by atoms with Crippen molar-refractivity contribution in [1.82, 2.24) is 5.16 Å². The van der Waals surface area contributed by atoms with Crippen molar-refractivity contribution in [3.05, 3.63) is 48.2 Å². The topological polar surface area (TPSA) is 80.0 Å². The van der Waals surface area contributed by atoms with Crippen LogP contribution in [0.2, 0.25) is 0 Å². The predicted octanol–water partition coefficient (Wildman–Crippen LogP) is 3.82. The normalized spacial score (nSPS) is 10.4. The molecule has 0 saturated heterocycles. The molecule has 0 atom stereocenters. The van der Waals surface area contributed by atoms with E-state index in [4.69, 9.17) is 23.5 Å². The summed E-state index contributed by atoms with van der Waals surface area (Å²) in [6.07, 6.45) is 1.63. The van der Waals surface area contributed by atoms with Crippen molar-refractivity contribution < 1.29 is 28.3 Å². The van der Waals surface area contributed by atoms with Gasteiger partial charge in [-0.2, -0.15) is 0 Å². The zero-order valence-electron chi connectivity index (χ0n) is 15.4. The smallest absolute Gasteiger partial charge is 0.345 e. The van der Waals surface area contributed by atoms with E-state index in [0.29, 0.717) is 22.8 Å². The summed E-state index contributed by atoms with van der Waals surface area (Å²) in [6.45, 7) is 0. The Kier molecular flexibility index (Phi) is 5.30. The van der Waals surface area contributed by atoms with Crippen LogP contribution in [-0.2, 0) is 4.74 Å². The van der Waals surface area contributed by atoms with Gasteiger partial charge in [-0.05, 0) is 29.8 Å². The lowest BCUT2D eigenvalue weighted by Crippen LogP contribution is -2.07. The molecule has 0 saturated carbocycles. The number of ether oxygens (including phenoxy) is 4. The molecule has 0 bridgehead atoms. The highest BCUT2D eigenvalue weighted by molar-refractivity contribution is 5.97. The van der Waals surface area contributed by atoms with E-state index in [1.807, 2.05) is 24.3 Å². The van der Waals surface area contributed by atoms with Crippen molar-refractivity contribution in [3.8, 4) is 39.7 Å². The van der Waals surface area contributed by atoms with Crippen molar-refractivity contribution in [2.45, 2.75) is 0 Å². The van der Waals surface area contributed by atoms with Gasteiger partial charge in [0.15, 0.2) is 5.76 Å². The number of esters is 1. The quantitative estimate of drug-likeness (QED) is 0.611.